The highest BCUT2D eigenvalue weighted by atomic mass is 35.5. The molecular weight excluding hydrogens is 349 g/mol. The molecule has 1 aliphatic carbocycles. The van der Waals surface area contributed by atoms with E-state index in [9.17, 15) is 9.59 Å². The minimum atomic E-state index is -1.38. The van der Waals surface area contributed by atoms with Crippen molar-refractivity contribution in [1.29, 1.82) is 0 Å². The van der Waals surface area contributed by atoms with Crippen LogP contribution in [0, 0.1) is 0 Å². The van der Waals surface area contributed by atoms with Crippen LogP contribution in [-0.2, 0) is 16.8 Å². The third-order valence-electron chi connectivity index (χ3n) is 4.03. The second-order valence-electron chi connectivity index (χ2n) is 5.52. The molecule has 4 nitrogen and oxygen atoms in total. The first-order valence-electron chi connectivity index (χ1n) is 7.19. The Kier molecular flexibility index (Phi) is 4.35. The van der Waals surface area contributed by atoms with Gasteiger partial charge in [0.25, 0.3) is 0 Å². The first kappa shape index (κ1) is 16.6. The molecule has 0 saturated carbocycles. The molecule has 1 amide bonds. The van der Waals surface area contributed by atoms with Gasteiger partial charge in [0.15, 0.2) is 6.29 Å². The number of amides is 1. The molecule has 122 valence electrons. The molecule has 2 N–H and O–H groups in total. The molecule has 0 saturated heterocycles. The molecule has 0 heterocycles. The number of halogens is 2. The number of allylic oxidation sites excluding steroid dienone is 1. The van der Waals surface area contributed by atoms with Gasteiger partial charge in [0, 0.05) is 0 Å². The summed E-state index contributed by atoms with van der Waals surface area (Å²) in [5, 5.41) is 12.3. The molecule has 6 heteroatoms. The predicted molar refractivity (Wildman–Crippen MR) is 93.6 cm³/mol. The van der Waals surface area contributed by atoms with Gasteiger partial charge in [-0.05, 0) is 46.9 Å². The van der Waals surface area contributed by atoms with Crippen LogP contribution >= 0.6 is 23.2 Å². The normalized spacial score (nSPS) is 18.8. The van der Waals surface area contributed by atoms with Gasteiger partial charge in [0.1, 0.15) is 5.54 Å². The summed E-state index contributed by atoms with van der Waals surface area (Å²) in [7, 11) is 0. The van der Waals surface area contributed by atoms with E-state index in [2.05, 4.69) is 5.32 Å². The average molecular weight is 362 g/mol. The SMILES string of the molecule is O=C[C@]1(NC(=O)O)C=CCc2ccc(-c3ccc(Cl)c(Cl)c3)cc21. The van der Waals surface area contributed by atoms with Crippen LogP contribution in [0.25, 0.3) is 11.1 Å². The molecule has 1 aliphatic rings. The van der Waals surface area contributed by atoms with Crippen molar-refractivity contribution in [2.75, 3.05) is 0 Å². The Balaban J connectivity index is 2.14. The number of nitrogens with one attached hydrogen (secondary N) is 1. The highest BCUT2D eigenvalue weighted by Gasteiger charge is 2.35. The van der Waals surface area contributed by atoms with Gasteiger partial charge in [-0.15, -0.1) is 0 Å². The van der Waals surface area contributed by atoms with E-state index in [4.69, 9.17) is 28.3 Å². The molecule has 0 aliphatic heterocycles. The monoisotopic (exact) mass is 361 g/mol. The van der Waals surface area contributed by atoms with Gasteiger partial charge in [-0.3, -0.25) is 4.79 Å². The highest BCUT2D eigenvalue weighted by molar-refractivity contribution is 6.42. The van der Waals surface area contributed by atoms with Gasteiger partial charge < -0.3 is 10.4 Å². The molecule has 0 unspecified atom stereocenters. The lowest BCUT2D eigenvalue weighted by Gasteiger charge is -2.30. The minimum absolute atomic E-state index is 0.428. The number of carboxylic acid groups (broad SMARTS) is 1. The van der Waals surface area contributed by atoms with Gasteiger partial charge in [0.05, 0.1) is 10.0 Å². The fourth-order valence-electron chi connectivity index (χ4n) is 2.87. The number of benzene rings is 2. The molecule has 0 spiro atoms. The third kappa shape index (κ3) is 2.90. The first-order valence-corrected chi connectivity index (χ1v) is 7.95. The second kappa shape index (κ2) is 6.30. The number of carbonyl (C=O) groups excluding carboxylic acids is 1. The highest BCUT2D eigenvalue weighted by Crippen LogP contribution is 2.35. The number of hydrogen-bond donors (Lipinski definition) is 2. The molecule has 24 heavy (non-hydrogen) atoms. The summed E-state index contributed by atoms with van der Waals surface area (Å²) in [6.07, 6.45) is 3.34. The van der Waals surface area contributed by atoms with E-state index < -0.39 is 11.6 Å². The molecule has 0 bridgehead atoms. The van der Waals surface area contributed by atoms with Crippen molar-refractivity contribution in [3.05, 3.63) is 69.7 Å². The maximum atomic E-state index is 11.7. The Bertz CT molecular complexity index is 863. The molecule has 1 atom stereocenters. The van der Waals surface area contributed by atoms with E-state index in [1.165, 1.54) is 0 Å². The van der Waals surface area contributed by atoms with Gasteiger partial charge >= 0.3 is 6.09 Å². The zero-order chi connectivity index (χ0) is 17.3. The average Bonchev–Trinajstić information content (AvgIpc) is 2.56. The molecule has 0 fully saturated rings. The maximum Gasteiger partial charge on any atom is 0.405 e. The van der Waals surface area contributed by atoms with Gasteiger partial charge in [0.2, 0.25) is 0 Å². The van der Waals surface area contributed by atoms with Crippen molar-refractivity contribution in [1.82, 2.24) is 5.32 Å². The Morgan fingerprint density at radius 2 is 1.83 bits per heavy atom. The van der Waals surface area contributed by atoms with Crippen molar-refractivity contribution >= 4 is 35.6 Å². The van der Waals surface area contributed by atoms with Crippen LogP contribution in [0.5, 0.6) is 0 Å². The summed E-state index contributed by atoms with van der Waals surface area (Å²) >= 11 is 12.0. The molecule has 0 radical (unpaired) electrons. The van der Waals surface area contributed by atoms with E-state index in [-0.39, 0.29) is 0 Å². The molecule has 0 aromatic heterocycles. The minimum Gasteiger partial charge on any atom is -0.465 e. The standard InChI is InChI=1S/C18H13Cl2NO3/c19-15-6-5-13(9-16(15)20)12-4-3-11-2-1-7-18(10-22,14(11)8-12)21-17(23)24/h1,3-10,21H,2H2,(H,23,24)/t18-/m1/s1. The molecular formula is C18H13Cl2NO3. The summed E-state index contributed by atoms with van der Waals surface area (Å²) < 4.78 is 0. The van der Waals surface area contributed by atoms with E-state index in [1.54, 1.807) is 24.3 Å². The smallest absolute Gasteiger partial charge is 0.405 e. The van der Waals surface area contributed by atoms with Crippen LogP contribution in [0.3, 0.4) is 0 Å². The zero-order valence-electron chi connectivity index (χ0n) is 12.4. The van der Waals surface area contributed by atoms with E-state index >= 15 is 0 Å². The summed E-state index contributed by atoms with van der Waals surface area (Å²) in [5.74, 6) is 0. The molecule has 3 rings (SSSR count). The quantitative estimate of drug-likeness (QED) is 0.627. The Labute approximate surface area is 148 Å². The zero-order valence-corrected chi connectivity index (χ0v) is 13.9. The number of fused-ring (bicyclic) bond motifs is 1. The largest absolute Gasteiger partial charge is 0.465 e. The number of aldehydes is 1. The lowest BCUT2D eigenvalue weighted by molar-refractivity contribution is -0.112. The van der Waals surface area contributed by atoms with Crippen LogP contribution in [0.2, 0.25) is 10.0 Å². The number of hydrogen-bond acceptors (Lipinski definition) is 2. The van der Waals surface area contributed by atoms with Crippen molar-refractivity contribution in [3.63, 3.8) is 0 Å². The van der Waals surface area contributed by atoms with Gasteiger partial charge in [-0.2, -0.15) is 0 Å². The molecule has 2 aromatic rings. The van der Waals surface area contributed by atoms with E-state index in [0.29, 0.717) is 28.3 Å². The van der Waals surface area contributed by atoms with Crippen LogP contribution < -0.4 is 5.32 Å². The fourth-order valence-corrected chi connectivity index (χ4v) is 3.17. The van der Waals surface area contributed by atoms with Gasteiger partial charge in [-0.25, -0.2) is 4.79 Å². The Morgan fingerprint density at radius 1 is 1.12 bits per heavy atom. The Hall–Kier alpha value is -2.30. The molecule has 2 aromatic carbocycles. The van der Waals surface area contributed by atoms with E-state index in [0.717, 1.165) is 16.7 Å². The van der Waals surface area contributed by atoms with Gasteiger partial charge in [-0.1, -0.05) is 53.6 Å². The van der Waals surface area contributed by atoms with Crippen molar-refractivity contribution in [2.45, 2.75) is 12.0 Å². The number of rotatable bonds is 3. The topological polar surface area (TPSA) is 66.4 Å². The fraction of sp³-hybridized carbons (Fsp3) is 0.111. The summed E-state index contributed by atoms with van der Waals surface area (Å²) in [5.41, 5.74) is 1.78. The summed E-state index contributed by atoms with van der Waals surface area (Å²) in [6, 6.07) is 10.9. The lowest BCUT2D eigenvalue weighted by atomic mass is 9.80. The van der Waals surface area contributed by atoms with Crippen LogP contribution in [0.1, 0.15) is 11.1 Å². The van der Waals surface area contributed by atoms with Crippen LogP contribution in [-0.4, -0.2) is 17.5 Å². The Morgan fingerprint density at radius 3 is 2.50 bits per heavy atom. The summed E-state index contributed by atoms with van der Waals surface area (Å²) in [4.78, 5) is 22.9. The van der Waals surface area contributed by atoms with Crippen LogP contribution in [0.4, 0.5) is 4.79 Å². The second-order valence-corrected chi connectivity index (χ2v) is 6.34. The lowest BCUT2D eigenvalue weighted by Crippen LogP contribution is -2.46. The predicted octanol–water partition coefficient (Wildman–Crippen LogP) is 4.43. The van der Waals surface area contributed by atoms with Crippen molar-refractivity contribution < 1.29 is 14.7 Å². The van der Waals surface area contributed by atoms with E-state index in [1.807, 2.05) is 24.3 Å². The maximum absolute atomic E-state index is 11.7. The van der Waals surface area contributed by atoms with Crippen molar-refractivity contribution in [3.8, 4) is 11.1 Å². The summed E-state index contributed by atoms with van der Waals surface area (Å²) in [6.45, 7) is 0. The third-order valence-corrected chi connectivity index (χ3v) is 4.77. The number of carbonyl (C=O) groups is 2. The van der Waals surface area contributed by atoms with Crippen LogP contribution in [0.15, 0.2) is 48.6 Å². The van der Waals surface area contributed by atoms with Crippen molar-refractivity contribution in [2.24, 2.45) is 0 Å². The first-order chi connectivity index (χ1) is 11.4.